The van der Waals surface area contributed by atoms with Crippen LogP contribution >= 0.6 is 7.75 Å². The Bertz CT molecular complexity index is 611. The molecule has 0 atom stereocenters. The third-order valence-electron chi connectivity index (χ3n) is 2.26. The monoisotopic (exact) mass is 254 g/mol. The van der Waals surface area contributed by atoms with Gasteiger partial charge in [0.2, 0.25) is 0 Å². The third-order valence-corrected chi connectivity index (χ3v) is 3.18. The fraction of sp³-hybridized carbons (Fsp3) is 0.100. The molecule has 1 aromatic heterocycles. The van der Waals surface area contributed by atoms with Crippen molar-refractivity contribution < 1.29 is 14.4 Å². The predicted molar refractivity (Wildman–Crippen MR) is 61.7 cm³/mol. The minimum atomic E-state index is -4.62. The molecule has 0 saturated carbocycles. The van der Waals surface area contributed by atoms with Gasteiger partial charge in [-0.05, 0) is 5.56 Å². The van der Waals surface area contributed by atoms with Gasteiger partial charge in [-0.2, -0.15) is 0 Å². The topological polar surface area (TPSA) is 84.5 Å². The van der Waals surface area contributed by atoms with Gasteiger partial charge in [-0.1, -0.05) is 30.3 Å². The average molecular weight is 254 g/mol. The molecule has 2 aromatic rings. The van der Waals surface area contributed by atoms with E-state index in [1.54, 1.807) is 0 Å². The molecule has 6 nitrogen and oxygen atoms in total. The number of benzene rings is 1. The Morgan fingerprint density at radius 3 is 2.35 bits per heavy atom. The molecule has 7 heteroatoms. The van der Waals surface area contributed by atoms with Gasteiger partial charge in [0.05, 0.1) is 6.54 Å². The Kier molecular flexibility index (Phi) is 3.02. The Morgan fingerprint density at radius 2 is 1.76 bits per heavy atom. The zero-order valence-electron chi connectivity index (χ0n) is 8.80. The maximum Gasteiger partial charge on any atom is 0.451 e. The summed E-state index contributed by atoms with van der Waals surface area (Å²) < 4.78 is 12.8. The van der Waals surface area contributed by atoms with Crippen LogP contribution in [-0.2, 0) is 11.1 Å². The Labute approximate surface area is 96.9 Å². The van der Waals surface area contributed by atoms with Gasteiger partial charge in [-0.15, -0.1) is 4.45 Å². The lowest BCUT2D eigenvalue weighted by atomic mass is 10.2. The van der Waals surface area contributed by atoms with Crippen LogP contribution in [-0.4, -0.2) is 18.9 Å². The second-order valence-electron chi connectivity index (χ2n) is 3.54. The van der Waals surface area contributed by atoms with Crippen LogP contribution in [0.2, 0.25) is 0 Å². The summed E-state index contributed by atoms with van der Waals surface area (Å²) in [5, 5.41) is 0. The smallest absolute Gasteiger partial charge is 0.307 e. The summed E-state index contributed by atoms with van der Waals surface area (Å²) >= 11 is 0. The molecular formula is C10H11N2O4P. The van der Waals surface area contributed by atoms with Crippen LogP contribution in [0.5, 0.6) is 0 Å². The molecule has 0 aliphatic heterocycles. The fourth-order valence-corrected chi connectivity index (χ4v) is 2.32. The van der Waals surface area contributed by atoms with Crippen molar-refractivity contribution in [1.29, 1.82) is 0 Å². The lowest BCUT2D eigenvalue weighted by Gasteiger charge is -2.12. The molecule has 17 heavy (non-hydrogen) atoms. The first kappa shape index (κ1) is 11.9. The number of hydrogen-bond acceptors (Lipinski definition) is 2. The van der Waals surface area contributed by atoms with E-state index in [2.05, 4.69) is 0 Å². The Hall–Kier alpha value is -1.62. The number of nitrogens with zero attached hydrogens (tertiary/aromatic N) is 2. The first-order valence-electron chi connectivity index (χ1n) is 4.87. The second-order valence-corrected chi connectivity index (χ2v) is 4.95. The molecule has 0 saturated heterocycles. The summed E-state index contributed by atoms with van der Waals surface area (Å²) in [7, 11) is -4.62. The van der Waals surface area contributed by atoms with Gasteiger partial charge in [0.15, 0.2) is 0 Å². The van der Waals surface area contributed by atoms with Crippen molar-refractivity contribution in [3.8, 4) is 0 Å². The quantitative estimate of drug-likeness (QED) is 0.787. The van der Waals surface area contributed by atoms with E-state index >= 15 is 0 Å². The van der Waals surface area contributed by atoms with E-state index < -0.39 is 13.3 Å². The van der Waals surface area contributed by atoms with Gasteiger partial charge in [0.25, 0.3) is 5.56 Å². The molecular weight excluding hydrogens is 243 g/mol. The van der Waals surface area contributed by atoms with E-state index in [4.69, 9.17) is 9.79 Å². The van der Waals surface area contributed by atoms with Crippen LogP contribution in [0.3, 0.4) is 0 Å². The molecule has 0 radical (unpaired) electrons. The first-order valence-corrected chi connectivity index (χ1v) is 6.44. The molecule has 0 fully saturated rings. The van der Waals surface area contributed by atoms with Gasteiger partial charge in [-0.25, -0.2) is 4.57 Å². The van der Waals surface area contributed by atoms with Crippen molar-refractivity contribution in [2.45, 2.75) is 6.54 Å². The van der Waals surface area contributed by atoms with E-state index in [9.17, 15) is 9.36 Å². The molecule has 2 N–H and O–H groups in total. The van der Waals surface area contributed by atoms with Crippen LogP contribution in [0.4, 0.5) is 0 Å². The highest BCUT2D eigenvalue weighted by Crippen LogP contribution is 2.34. The second kappa shape index (κ2) is 4.33. The third kappa shape index (κ3) is 2.55. The Morgan fingerprint density at radius 1 is 1.12 bits per heavy atom. The van der Waals surface area contributed by atoms with Crippen molar-refractivity contribution in [2.24, 2.45) is 0 Å². The molecule has 0 amide bonds. The van der Waals surface area contributed by atoms with Crippen molar-refractivity contribution in [3.05, 3.63) is 58.5 Å². The lowest BCUT2D eigenvalue weighted by molar-refractivity contribution is 0.341. The lowest BCUT2D eigenvalue weighted by Crippen LogP contribution is -2.21. The van der Waals surface area contributed by atoms with E-state index in [-0.39, 0.29) is 6.54 Å². The van der Waals surface area contributed by atoms with Crippen LogP contribution in [0, 0.1) is 0 Å². The maximum absolute atomic E-state index is 11.3. The maximum atomic E-state index is 11.3. The SMILES string of the molecule is O=c1ccn(Cc2ccccc2)n1P(=O)(O)O. The normalized spacial score (nSPS) is 11.6. The highest BCUT2D eigenvalue weighted by Gasteiger charge is 2.22. The molecule has 0 aliphatic rings. The van der Waals surface area contributed by atoms with Crippen LogP contribution in [0.1, 0.15) is 5.56 Å². The standard InChI is InChI=1S/C10H11N2O4P/c13-10-6-7-11(12(10)17(14,15)16)8-9-4-2-1-3-5-9/h1-7H,8H2,(H2,14,15,16). The molecule has 0 unspecified atom stereocenters. The summed E-state index contributed by atoms with van der Waals surface area (Å²) in [6, 6.07) is 10.2. The van der Waals surface area contributed by atoms with E-state index in [1.807, 2.05) is 30.3 Å². The molecule has 1 heterocycles. The van der Waals surface area contributed by atoms with Crippen molar-refractivity contribution in [1.82, 2.24) is 9.13 Å². The van der Waals surface area contributed by atoms with Gasteiger partial charge in [0.1, 0.15) is 0 Å². The van der Waals surface area contributed by atoms with Gasteiger partial charge in [0, 0.05) is 12.3 Å². The van der Waals surface area contributed by atoms with Gasteiger partial charge >= 0.3 is 7.75 Å². The minimum Gasteiger partial charge on any atom is -0.307 e. The highest BCUT2D eigenvalue weighted by molar-refractivity contribution is 7.49. The van der Waals surface area contributed by atoms with Crippen LogP contribution in [0.15, 0.2) is 47.4 Å². The molecule has 0 spiro atoms. The number of hydrogen-bond donors (Lipinski definition) is 2. The van der Waals surface area contributed by atoms with Gasteiger partial charge < -0.3 is 9.79 Å². The highest BCUT2D eigenvalue weighted by atomic mass is 31.2. The summed E-state index contributed by atoms with van der Waals surface area (Å²) in [5.41, 5.74) is 0.138. The predicted octanol–water partition coefficient (Wildman–Crippen LogP) is 0.639. The number of aromatic nitrogens is 2. The first-order chi connectivity index (χ1) is 7.98. The summed E-state index contributed by atoms with van der Waals surface area (Å²) in [5.74, 6) is 0. The van der Waals surface area contributed by atoms with E-state index in [0.29, 0.717) is 4.45 Å². The number of rotatable bonds is 3. The van der Waals surface area contributed by atoms with Crippen molar-refractivity contribution >= 4 is 7.75 Å². The average Bonchev–Trinajstić information content (AvgIpc) is 2.60. The molecule has 2 rings (SSSR count). The van der Waals surface area contributed by atoms with Crippen molar-refractivity contribution in [2.75, 3.05) is 0 Å². The molecule has 0 aliphatic carbocycles. The molecule has 90 valence electrons. The van der Waals surface area contributed by atoms with E-state index in [0.717, 1.165) is 11.6 Å². The van der Waals surface area contributed by atoms with Crippen LogP contribution in [0.25, 0.3) is 0 Å². The largest absolute Gasteiger partial charge is 0.451 e. The summed E-state index contributed by atoms with van der Waals surface area (Å²) in [6.07, 6.45) is 1.36. The van der Waals surface area contributed by atoms with Crippen LogP contribution < -0.4 is 5.56 Å². The summed E-state index contributed by atoms with van der Waals surface area (Å²) in [4.78, 5) is 29.5. The van der Waals surface area contributed by atoms with E-state index in [1.165, 1.54) is 10.9 Å². The molecule has 1 aromatic carbocycles. The fourth-order valence-electron chi connectivity index (χ4n) is 1.57. The Balaban J connectivity index is 2.42. The zero-order chi connectivity index (χ0) is 12.5. The van der Waals surface area contributed by atoms with Crippen molar-refractivity contribution in [3.63, 3.8) is 0 Å². The van der Waals surface area contributed by atoms with Gasteiger partial charge in [-0.3, -0.25) is 9.48 Å². The summed E-state index contributed by atoms with van der Waals surface area (Å²) in [6.45, 7) is 0.230. The molecule has 0 bridgehead atoms. The zero-order valence-corrected chi connectivity index (χ0v) is 9.70. The minimum absolute atomic E-state index is 0.230.